The molecule has 4 aromatic rings. The van der Waals surface area contributed by atoms with Gasteiger partial charge in [0.05, 0.1) is 17.1 Å². The number of tetrazole rings is 2. The first kappa shape index (κ1) is 11.9. The van der Waals surface area contributed by atoms with Gasteiger partial charge in [0, 0.05) is 6.20 Å². The van der Waals surface area contributed by atoms with E-state index in [-0.39, 0.29) is 0 Å². The molecule has 0 spiro atoms. The molecule has 104 valence electrons. The van der Waals surface area contributed by atoms with Crippen LogP contribution in [0, 0.1) is 0 Å². The van der Waals surface area contributed by atoms with Gasteiger partial charge in [-0.05, 0) is 33.0 Å². The summed E-state index contributed by atoms with van der Waals surface area (Å²) < 4.78 is 1.86. The molecule has 4 aromatic heterocycles. The van der Waals surface area contributed by atoms with Crippen molar-refractivity contribution in [1.82, 2.24) is 50.6 Å². The average molecular weight is 303 g/mol. The van der Waals surface area contributed by atoms with Crippen LogP contribution in [-0.2, 0) is 6.42 Å². The van der Waals surface area contributed by atoms with Gasteiger partial charge in [-0.2, -0.15) is 0 Å². The monoisotopic (exact) mass is 302 g/mol. The molecular weight excluding hydrogens is 296 g/mol. The molecule has 0 fully saturated rings. The van der Waals surface area contributed by atoms with Crippen LogP contribution in [0.1, 0.15) is 11.5 Å². The standard InChI is InChI=1S/C10H7ClN10/c11-5-1-2-9-12-6(10-15-19-20-16-10)4-21(9)7(5)3-8-13-17-18-14-8/h1-2,4H,3H2,(H,13,14,17,18)(H,15,16,19,20). The van der Waals surface area contributed by atoms with Crippen LogP contribution in [0.25, 0.3) is 17.2 Å². The Morgan fingerprint density at radius 2 is 1.95 bits per heavy atom. The fourth-order valence-electron chi connectivity index (χ4n) is 2.05. The first-order valence-corrected chi connectivity index (χ1v) is 6.32. The van der Waals surface area contributed by atoms with Crippen molar-refractivity contribution in [1.29, 1.82) is 0 Å². The number of imidazole rings is 1. The van der Waals surface area contributed by atoms with Gasteiger partial charge >= 0.3 is 0 Å². The van der Waals surface area contributed by atoms with Crippen molar-refractivity contribution >= 4 is 17.2 Å². The maximum absolute atomic E-state index is 6.28. The lowest BCUT2D eigenvalue weighted by molar-refractivity contribution is 0.881. The Labute approximate surface area is 121 Å². The molecule has 4 rings (SSSR count). The predicted molar refractivity (Wildman–Crippen MR) is 70.4 cm³/mol. The van der Waals surface area contributed by atoms with E-state index in [4.69, 9.17) is 11.6 Å². The molecule has 4 heterocycles. The minimum absolute atomic E-state index is 0.452. The highest BCUT2D eigenvalue weighted by Crippen LogP contribution is 2.23. The van der Waals surface area contributed by atoms with Crippen molar-refractivity contribution in [3.63, 3.8) is 0 Å². The van der Waals surface area contributed by atoms with E-state index in [9.17, 15) is 0 Å². The Morgan fingerprint density at radius 1 is 1.10 bits per heavy atom. The highest BCUT2D eigenvalue weighted by Gasteiger charge is 2.14. The highest BCUT2D eigenvalue weighted by atomic mass is 35.5. The van der Waals surface area contributed by atoms with Gasteiger partial charge in [-0.15, -0.1) is 10.2 Å². The van der Waals surface area contributed by atoms with E-state index < -0.39 is 0 Å². The Balaban J connectivity index is 1.86. The van der Waals surface area contributed by atoms with Crippen LogP contribution in [-0.4, -0.2) is 50.6 Å². The highest BCUT2D eigenvalue weighted by molar-refractivity contribution is 6.31. The van der Waals surface area contributed by atoms with Crippen molar-refractivity contribution in [3.05, 3.63) is 34.9 Å². The molecule has 0 amide bonds. The molecule has 0 aliphatic carbocycles. The van der Waals surface area contributed by atoms with E-state index in [2.05, 4.69) is 46.2 Å². The normalized spacial score (nSPS) is 11.3. The van der Waals surface area contributed by atoms with Gasteiger partial charge in [0.2, 0.25) is 0 Å². The second-order valence-corrected chi connectivity index (χ2v) is 4.66. The molecular formula is C10H7ClN10. The van der Waals surface area contributed by atoms with Gasteiger partial charge in [-0.25, -0.2) is 15.2 Å². The maximum Gasteiger partial charge on any atom is 0.199 e. The maximum atomic E-state index is 6.28. The van der Waals surface area contributed by atoms with Crippen LogP contribution >= 0.6 is 11.6 Å². The molecule has 21 heavy (non-hydrogen) atoms. The number of nitrogens with zero attached hydrogens (tertiary/aromatic N) is 8. The van der Waals surface area contributed by atoms with Crippen LogP contribution in [0.3, 0.4) is 0 Å². The zero-order chi connectivity index (χ0) is 14.2. The van der Waals surface area contributed by atoms with Crippen LogP contribution in [0.4, 0.5) is 0 Å². The molecule has 0 atom stereocenters. The molecule has 0 unspecified atom stereocenters. The fourth-order valence-corrected chi connectivity index (χ4v) is 2.27. The predicted octanol–water partition coefficient (Wildman–Crippen LogP) is 0.272. The molecule has 0 aliphatic heterocycles. The Kier molecular flexibility index (Phi) is 2.60. The van der Waals surface area contributed by atoms with Crippen molar-refractivity contribution in [3.8, 4) is 11.5 Å². The number of fused-ring (bicyclic) bond motifs is 1. The minimum Gasteiger partial charge on any atom is -0.301 e. The van der Waals surface area contributed by atoms with Gasteiger partial charge < -0.3 is 4.40 Å². The first-order chi connectivity index (χ1) is 10.3. The lowest BCUT2D eigenvalue weighted by atomic mass is 10.2. The minimum atomic E-state index is 0.452. The first-order valence-electron chi connectivity index (χ1n) is 5.94. The van der Waals surface area contributed by atoms with E-state index in [1.54, 1.807) is 6.07 Å². The third-order valence-electron chi connectivity index (χ3n) is 2.99. The summed E-state index contributed by atoms with van der Waals surface area (Å²) in [6, 6.07) is 3.60. The average Bonchev–Trinajstić information content (AvgIpc) is 3.21. The van der Waals surface area contributed by atoms with Crippen LogP contribution in [0.15, 0.2) is 18.3 Å². The summed E-state index contributed by atoms with van der Waals surface area (Å²) in [7, 11) is 0. The topological polar surface area (TPSA) is 126 Å². The summed E-state index contributed by atoms with van der Waals surface area (Å²) in [5.41, 5.74) is 2.17. The molecule has 10 nitrogen and oxygen atoms in total. The molecule has 0 radical (unpaired) electrons. The third-order valence-corrected chi connectivity index (χ3v) is 3.33. The number of H-pyrrole nitrogens is 2. The summed E-state index contributed by atoms with van der Waals surface area (Å²) in [5.74, 6) is 1.10. The fraction of sp³-hybridized carbons (Fsp3) is 0.100. The van der Waals surface area contributed by atoms with E-state index >= 15 is 0 Å². The van der Waals surface area contributed by atoms with E-state index in [0.29, 0.717) is 28.8 Å². The van der Waals surface area contributed by atoms with Crippen molar-refractivity contribution in [2.45, 2.75) is 6.42 Å². The summed E-state index contributed by atoms with van der Waals surface area (Å²) in [5, 5.41) is 27.9. The Morgan fingerprint density at radius 3 is 2.71 bits per heavy atom. The third kappa shape index (κ3) is 2.01. The summed E-state index contributed by atoms with van der Waals surface area (Å²) >= 11 is 6.28. The Hall–Kier alpha value is -2.88. The quantitative estimate of drug-likeness (QED) is 0.556. The molecule has 0 aromatic carbocycles. The van der Waals surface area contributed by atoms with Crippen molar-refractivity contribution in [2.24, 2.45) is 0 Å². The van der Waals surface area contributed by atoms with Crippen LogP contribution in [0.2, 0.25) is 5.02 Å². The van der Waals surface area contributed by atoms with Crippen LogP contribution < -0.4 is 0 Å². The van der Waals surface area contributed by atoms with Crippen LogP contribution in [0.5, 0.6) is 0 Å². The molecule has 0 saturated heterocycles. The largest absolute Gasteiger partial charge is 0.301 e. The van der Waals surface area contributed by atoms with Gasteiger partial charge in [0.1, 0.15) is 11.3 Å². The number of aromatic nitrogens is 10. The Bertz CT molecular complexity index is 878. The number of aromatic amines is 2. The number of halogens is 1. The van der Waals surface area contributed by atoms with Crippen molar-refractivity contribution < 1.29 is 0 Å². The number of pyridine rings is 1. The lowest BCUT2D eigenvalue weighted by Crippen LogP contribution is -2.00. The SMILES string of the molecule is Clc1ccc2nc(-c3nnn[nH]3)cn2c1Cc1nnn[nH]1. The zero-order valence-electron chi connectivity index (χ0n) is 10.4. The second kappa shape index (κ2) is 4.59. The number of rotatable bonds is 3. The van der Waals surface area contributed by atoms with Gasteiger partial charge in [-0.1, -0.05) is 11.6 Å². The summed E-state index contributed by atoms with van der Waals surface area (Å²) in [6.45, 7) is 0. The number of nitrogens with one attached hydrogen (secondary N) is 2. The van der Waals surface area contributed by atoms with Gasteiger partial charge in [0.25, 0.3) is 0 Å². The zero-order valence-corrected chi connectivity index (χ0v) is 11.2. The number of hydrogen-bond donors (Lipinski definition) is 2. The summed E-state index contributed by atoms with van der Waals surface area (Å²) in [4.78, 5) is 4.45. The molecule has 0 bridgehead atoms. The van der Waals surface area contributed by atoms with Gasteiger partial charge in [-0.3, -0.25) is 0 Å². The van der Waals surface area contributed by atoms with E-state index in [1.807, 2.05) is 16.7 Å². The van der Waals surface area contributed by atoms with E-state index in [1.165, 1.54) is 0 Å². The van der Waals surface area contributed by atoms with Gasteiger partial charge in [0.15, 0.2) is 11.6 Å². The van der Waals surface area contributed by atoms with Crippen molar-refractivity contribution in [2.75, 3.05) is 0 Å². The molecule has 2 N–H and O–H groups in total. The second-order valence-electron chi connectivity index (χ2n) is 4.26. The molecule has 0 aliphatic rings. The van der Waals surface area contributed by atoms with E-state index in [0.717, 1.165) is 11.3 Å². The lowest BCUT2D eigenvalue weighted by Gasteiger charge is -2.05. The molecule has 11 heteroatoms. The number of hydrogen-bond acceptors (Lipinski definition) is 7. The summed E-state index contributed by atoms with van der Waals surface area (Å²) in [6.07, 6.45) is 2.26. The smallest absolute Gasteiger partial charge is 0.199 e. The molecule has 0 saturated carbocycles.